The third kappa shape index (κ3) is 10.4. The van der Waals surface area contributed by atoms with Crippen LogP contribution in [0.15, 0.2) is 54.8 Å². The highest BCUT2D eigenvalue weighted by Crippen LogP contribution is 2.30. The lowest BCUT2D eigenvalue weighted by Crippen LogP contribution is -2.62. The van der Waals surface area contributed by atoms with Crippen LogP contribution in [0.1, 0.15) is 33.3 Å². The molecule has 1 aromatic carbocycles. The molecule has 12 nitrogen and oxygen atoms in total. The Kier molecular flexibility index (Phi) is 12.0. The van der Waals surface area contributed by atoms with E-state index in [9.17, 15) is 24.0 Å². The molecule has 0 amide bonds. The molecule has 0 bridgehead atoms. The maximum atomic E-state index is 11.9. The van der Waals surface area contributed by atoms with Crippen molar-refractivity contribution in [2.75, 3.05) is 6.61 Å². The molecule has 0 aromatic heterocycles. The number of carbonyl (C=O) groups excluding carboxylic acids is 5. The van der Waals surface area contributed by atoms with E-state index in [0.29, 0.717) is 0 Å². The number of carbonyl (C=O) groups is 5. The molecule has 0 saturated carbocycles. The van der Waals surface area contributed by atoms with Crippen LogP contribution in [0.3, 0.4) is 0 Å². The molecule has 38 heavy (non-hydrogen) atoms. The second kappa shape index (κ2) is 15.2. The van der Waals surface area contributed by atoms with E-state index in [1.54, 1.807) is 0 Å². The topological polar surface area (TPSA) is 150 Å². The van der Waals surface area contributed by atoms with Crippen molar-refractivity contribution < 1.29 is 57.1 Å². The lowest BCUT2D eigenvalue weighted by atomic mass is 9.98. The molecule has 5 atom stereocenters. The summed E-state index contributed by atoms with van der Waals surface area (Å²) in [7, 11) is 0. The van der Waals surface area contributed by atoms with Crippen molar-refractivity contribution in [2.45, 2.75) is 65.0 Å². The summed E-state index contributed by atoms with van der Waals surface area (Å²) in [5, 5.41) is 0. The molecule has 1 aromatic rings. The Morgan fingerprint density at radius 2 is 1.37 bits per heavy atom. The Morgan fingerprint density at radius 3 is 1.97 bits per heavy atom. The Morgan fingerprint density at radius 1 is 0.763 bits per heavy atom. The van der Waals surface area contributed by atoms with Crippen molar-refractivity contribution in [2.24, 2.45) is 0 Å². The molecule has 1 aliphatic heterocycles. The zero-order valence-corrected chi connectivity index (χ0v) is 21.4. The predicted molar refractivity (Wildman–Crippen MR) is 128 cm³/mol. The fourth-order valence-electron chi connectivity index (χ4n) is 3.38. The van der Waals surface area contributed by atoms with Crippen molar-refractivity contribution in [1.29, 1.82) is 0 Å². The van der Waals surface area contributed by atoms with E-state index >= 15 is 0 Å². The van der Waals surface area contributed by atoms with Gasteiger partial charge in [0.25, 0.3) is 0 Å². The summed E-state index contributed by atoms with van der Waals surface area (Å²) >= 11 is 0. The van der Waals surface area contributed by atoms with E-state index in [4.69, 9.17) is 33.2 Å². The van der Waals surface area contributed by atoms with Gasteiger partial charge < -0.3 is 33.2 Å². The average Bonchev–Trinajstić information content (AvgIpc) is 2.84. The van der Waals surface area contributed by atoms with Gasteiger partial charge in [-0.1, -0.05) is 36.4 Å². The fourth-order valence-corrected chi connectivity index (χ4v) is 3.38. The number of hydrogen-bond acceptors (Lipinski definition) is 12. The van der Waals surface area contributed by atoms with Gasteiger partial charge in [0.15, 0.2) is 12.2 Å². The highest BCUT2D eigenvalue weighted by atomic mass is 16.7. The highest BCUT2D eigenvalue weighted by molar-refractivity contribution is 5.82. The maximum absolute atomic E-state index is 11.9. The van der Waals surface area contributed by atoms with E-state index < -0.39 is 60.6 Å². The Bertz CT molecular complexity index is 1030. The normalized spacial score (nSPS) is 22.9. The number of hydrogen-bond donors (Lipinski definition) is 0. The summed E-state index contributed by atoms with van der Waals surface area (Å²) in [6.07, 6.45) is -1.51. The van der Waals surface area contributed by atoms with Crippen molar-refractivity contribution in [3.05, 3.63) is 60.4 Å². The fraction of sp³-hybridized carbons (Fsp3) is 0.423. The SMILES string of the molecule is CC(=O)OC[C@H]1O[C@@H](O/C=C/C=C/C(=O)OCc2ccccc2)[C@H](OC(C)=O)[C@@H](OC(C)=O)[C@@H]1OC(C)=O. The van der Waals surface area contributed by atoms with E-state index in [2.05, 4.69) is 0 Å². The summed E-state index contributed by atoms with van der Waals surface area (Å²) < 4.78 is 37.3. The largest absolute Gasteiger partial charge is 0.468 e. The van der Waals surface area contributed by atoms with E-state index in [0.717, 1.165) is 38.7 Å². The third-order valence-corrected chi connectivity index (χ3v) is 4.81. The van der Waals surface area contributed by atoms with Crippen LogP contribution in [-0.4, -0.2) is 67.2 Å². The molecule has 206 valence electrons. The second-order valence-corrected chi connectivity index (χ2v) is 7.98. The van der Waals surface area contributed by atoms with Crippen LogP contribution in [0.5, 0.6) is 0 Å². The summed E-state index contributed by atoms with van der Waals surface area (Å²) in [6, 6.07) is 9.14. The molecular formula is C26H30O12. The second-order valence-electron chi connectivity index (χ2n) is 7.98. The molecule has 1 fully saturated rings. The first-order chi connectivity index (χ1) is 18.1. The van der Waals surface area contributed by atoms with Crippen LogP contribution in [-0.2, 0) is 63.7 Å². The zero-order chi connectivity index (χ0) is 28.1. The van der Waals surface area contributed by atoms with E-state index in [1.807, 2.05) is 30.3 Å². The van der Waals surface area contributed by atoms with Gasteiger partial charge in [-0.15, -0.1) is 0 Å². The Labute approximate surface area is 219 Å². The molecule has 1 heterocycles. The average molecular weight is 535 g/mol. The van der Waals surface area contributed by atoms with E-state index in [-0.39, 0.29) is 13.2 Å². The summed E-state index contributed by atoms with van der Waals surface area (Å²) in [4.78, 5) is 58.6. The minimum absolute atomic E-state index is 0.106. The van der Waals surface area contributed by atoms with Crippen LogP contribution in [0.2, 0.25) is 0 Å². The number of ether oxygens (including phenoxy) is 7. The molecule has 0 unspecified atom stereocenters. The van der Waals surface area contributed by atoms with Crippen LogP contribution in [0.25, 0.3) is 0 Å². The van der Waals surface area contributed by atoms with Crippen LogP contribution in [0, 0.1) is 0 Å². The molecule has 0 aliphatic carbocycles. The first-order valence-electron chi connectivity index (χ1n) is 11.6. The van der Waals surface area contributed by atoms with Gasteiger partial charge in [-0.2, -0.15) is 0 Å². The van der Waals surface area contributed by atoms with Gasteiger partial charge in [-0.05, 0) is 11.6 Å². The molecule has 0 spiro atoms. The smallest absolute Gasteiger partial charge is 0.331 e. The first-order valence-corrected chi connectivity index (χ1v) is 11.6. The molecule has 1 aliphatic rings. The van der Waals surface area contributed by atoms with Gasteiger partial charge >= 0.3 is 29.8 Å². The standard InChI is InChI=1S/C26H30O12/c1-16(27)33-15-21-23(35-17(2)28)24(36-18(3)29)25(37-19(4)30)26(38-21)32-13-9-8-12-22(31)34-14-20-10-6-5-7-11-20/h5-13,21,23-26H,14-15H2,1-4H3/b12-8+,13-9+/t21-,23-,24+,25-,26-/m1/s1. The number of allylic oxidation sites excluding steroid dienone is 2. The summed E-state index contributed by atoms with van der Waals surface area (Å²) in [6.45, 7) is 4.25. The molecule has 0 radical (unpaired) electrons. The summed E-state index contributed by atoms with van der Waals surface area (Å²) in [5.74, 6) is -3.49. The summed E-state index contributed by atoms with van der Waals surface area (Å²) in [5.41, 5.74) is 0.830. The lowest BCUT2D eigenvalue weighted by Gasteiger charge is -2.43. The van der Waals surface area contributed by atoms with Gasteiger partial charge in [0.05, 0.1) is 6.26 Å². The third-order valence-electron chi connectivity index (χ3n) is 4.81. The van der Waals surface area contributed by atoms with Crippen LogP contribution in [0.4, 0.5) is 0 Å². The van der Waals surface area contributed by atoms with Gasteiger partial charge in [0, 0.05) is 33.8 Å². The first kappa shape index (κ1) is 30.0. The molecule has 1 saturated heterocycles. The monoisotopic (exact) mass is 534 g/mol. The molecule has 2 rings (SSSR count). The number of benzene rings is 1. The number of esters is 5. The van der Waals surface area contributed by atoms with Crippen molar-refractivity contribution >= 4 is 29.8 Å². The minimum Gasteiger partial charge on any atom is -0.468 e. The van der Waals surface area contributed by atoms with Crippen LogP contribution >= 0.6 is 0 Å². The number of rotatable bonds is 11. The Hall–Kier alpha value is -4.19. The highest BCUT2D eigenvalue weighted by Gasteiger charge is 2.53. The van der Waals surface area contributed by atoms with Crippen LogP contribution < -0.4 is 0 Å². The van der Waals surface area contributed by atoms with Crippen molar-refractivity contribution in [1.82, 2.24) is 0 Å². The molecule has 12 heteroatoms. The predicted octanol–water partition coefficient (Wildman–Crippen LogP) is 1.90. The van der Waals surface area contributed by atoms with Gasteiger partial charge in [0.1, 0.15) is 19.3 Å². The van der Waals surface area contributed by atoms with Gasteiger partial charge in [0.2, 0.25) is 12.4 Å². The van der Waals surface area contributed by atoms with Crippen molar-refractivity contribution in [3.8, 4) is 0 Å². The van der Waals surface area contributed by atoms with Gasteiger partial charge in [-0.3, -0.25) is 19.2 Å². The van der Waals surface area contributed by atoms with E-state index in [1.165, 1.54) is 19.1 Å². The van der Waals surface area contributed by atoms with Crippen molar-refractivity contribution in [3.63, 3.8) is 0 Å². The lowest BCUT2D eigenvalue weighted by molar-refractivity contribution is -0.297. The Balaban J connectivity index is 2.15. The molecule has 0 N–H and O–H groups in total. The maximum Gasteiger partial charge on any atom is 0.331 e. The minimum atomic E-state index is -1.37. The van der Waals surface area contributed by atoms with Gasteiger partial charge in [-0.25, -0.2) is 4.79 Å². The molecular weight excluding hydrogens is 504 g/mol. The zero-order valence-electron chi connectivity index (χ0n) is 21.4. The quantitative estimate of drug-likeness (QED) is 0.134.